The highest BCUT2D eigenvalue weighted by atomic mass is 16.2. The Labute approximate surface area is 282 Å². The average Bonchev–Trinajstić information content (AvgIpc) is 3.31. The molecule has 0 radical (unpaired) electrons. The van der Waals surface area contributed by atoms with Crippen molar-refractivity contribution in [1.82, 2.24) is 20.4 Å². The summed E-state index contributed by atoms with van der Waals surface area (Å²) in [6, 6.07) is 13.1. The molecule has 4 heterocycles. The fraction of sp³-hybridized carbons (Fsp3) is 0.541. The molecule has 0 aromatic heterocycles. The van der Waals surface area contributed by atoms with Crippen LogP contribution in [0.4, 0.5) is 11.4 Å². The van der Waals surface area contributed by atoms with Gasteiger partial charge in [0.05, 0.1) is 11.1 Å². The molecule has 11 nitrogen and oxygen atoms in total. The van der Waals surface area contributed by atoms with Crippen LogP contribution in [0, 0.1) is 10.8 Å². The number of benzene rings is 2. The summed E-state index contributed by atoms with van der Waals surface area (Å²) in [5.41, 5.74) is 3.60. The Morgan fingerprint density at radius 1 is 0.750 bits per heavy atom. The van der Waals surface area contributed by atoms with Gasteiger partial charge in [-0.3, -0.25) is 39.1 Å². The van der Waals surface area contributed by atoms with E-state index in [1.165, 1.54) is 0 Å². The molecule has 1 atom stereocenters. The average molecular weight is 655 g/mol. The highest BCUT2D eigenvalue weighted by Gasteiger charge is 2.53. The molecule has 7 rings (SSSR count). The molecule has 0 spiro atoms. The Hall–Kier alpha value is -4.25. The van der Waals surface area contributed by atoms with Crippen LogP contribution in [0.5, 0.6) is 0 Å². The SMILES string of the molecule is CC1(C)CC(C)(C)C1NC(=O)c1ccc(N2CCN(C3CCN(c4ccc5c(c4)C(=O)N(C4CCC(=O)NC4=O)C5=O)CC3)CC2)cc1. The van der Waals surface area contributed by atoms with Crippen molar-refractivity contribution >= 4 is 40.9 Å². The maximum atomic E-state index is 13.3. The topological polar surface area (TPSA) is 122 Å². The lowest BCUT2D eigenvalue weighted by Gasteiger charge is -2.57. The Morgan fingerprint density at radius 2 is 1.35 bits per heavy atom. The van der Waals surface area contributed by atoms with Gasteiger partial charge in [-0.15, -0.1) is 0 Å². The summed E-state index contributed by atoms with van der Waals surface area (Å²) in [5, 5.41) is 5.53. The molecule has 1 saturated carbocycles. The number of nitrogens with zero attached hydrogens (tertiary/aromatic N) is 4. The second-order valence-corrected chi connectivity index (χ2v) is 15.5. The second-order valence-electron chi connectivity index (χ2n) is 15.5. The van der Waals surface area contributed by atoms with Crippen LogP contribution in [0.2, 0.25) is 0 Å². The third kappa shape index (κ3) is 5.76. The summed E-state index contributed by atoms with van der Waals surface area (Å²) in [6.45, 7) is 14.4. The van der Waals surface area contributed by atoms with Crippen molar-refractivity contribution in [1.29, 1.82) is 0 Å². The third-order valence-corrected chi connectivity index (χ3v) is 11.3. The molecular weight excluding hydrogens is 608 g/mol. The molecular formula is C37H46N6O5. The highest BCUT2D eigenvalue weighted by molar-refractivity contribution is 6.23. The van der Waals surface area contributed by atoms with E-state index in [9.17, 15) is 24.0 Å². The van der Waals surface area contributed by atoms with Gasteiger partial charge in [-0.2, -0.15) is 0 Å². The van der Waals surface area contributed by atoms with Gasteiger partial charge in [-0.25, -0.2) is 0 Å². The minimum Gasteiger partial charge on any atom is -0.371 e. The number of fused-ring (bicyclic) bond motifs is 1. The van der Waals surface area contributed by atoms with Gasteiger partial charge >= 0.3 is 0 Å². The molecule has 3 saturated heterocycles. The van der Waals surface area contributed by atoms with Gasteiger partial charge in [0.25, 0.3) is 17.7 Å². The summed E-state index contributed by atoms with van der Waals surface area (Å²) in [7, 11) is 0. The number of nitrogens with one attached hydrogen (secondary N) is 2. The first-order valence-corrected chi connectivity index (χ1v) is 17.3. The van der Waals surface area contributed by atoms with Crippen LogP contribution in [0.15, 0.2) is 42.5 Å². The summed E-state index contributed by atoms with van der Waals surface area (Å²) >= 11 is 0. The van der Waals surface area contributed by atoms with Crippen LogP contribution in [-0.2, 0) is 9.59 Å². The van der Waals surface area contributed by atoms with Gasteiger partial charge in [-0.05, 0) is 79.0 Å². The molecule has 1 aliphatic carbocycles. The first-order chi connectivity index (χ1) is 22.8. The molecule has 2 aromatic rings. The van der Waals surface area contributed by atoms with Crippen molar-refractivity contribution in [3.63, 3.8) is 0 Å². The predicted octanol–water partition coefficient (Wildman–Crippen LogP) is 3.43. The number of amides is 5. The first-order valence-electron chi connectivity index (χ1n) is 17.3. The minimum absolute atomic E-state index is 0.00210. The molecule has 4 fully saturated rings. The van der Waals surface area contributed by atoms with Gasteiger partial charge in [0.15, 0.2) is 0 Å². The zero-order valence-corrected chi connectivity index (χ0v) is 28.4. The van der Waals surface area contributed by atoms with Crippen LogP contribution >= 0.6 is 0 Å². The molecule has 11 heteroatoms. The van der Waals surface area contributed by atoms with Crippen molar-refractivity contribution in [2.75, 3.05) is 49.1 Å². The van der Waals surface area contributed by atoms with Gasteiger partial charge in [0.2, 0.25) is 11.8 Å². The summed E-state index contributed by atoms with van der Waals surface area (Å²) < 4.78 is 0. The zero-order valence-electron chi connectivity index (χ0n) is 28.4. The fourth-order valence-corrected chi connectivity index (χ4v) is 9.22. The Kier molecular flexibility index (Phi) is 8.09. The summed E-state index contributed by atoms with van der Waals surface area (Å²) in [4.78, 5) is 71.6. The number of hydrogen-bond acceptors (Lipinski definition) is 8. The Bertz CT molecular complexity index is 1640. The largest absolute Gasteiger partial charge is 0.371 e. The molecule has 48 heavy (non-hydrogen) atoms. The number of carbonyl (C=O) groups is 5. The van der Waals surface area contributed by atoms with Gasteiger partial charge in [0, 0.05) is 74.7 Å². The van der Waals surface area contributed by atoms with Crippen LogP contribution in [0.3, 0.4) is 0 Å². The standard InChI is InChI=1S/C37H46N6O5/c1-36(2)22-37(3,4)35(36)39-31(45)23-5-7-24(8-6-23)41-17-19-42(20-18-41)25-13-15-40(16-14-25)26-9-10-27-28(21-26)34(48)43(33(27)47)29-11-12-30(44)38-32(29)46/h5-10,21,25,29,35H,11-20,22H2,1-4H3,(H,39,45)(H,38,44,46). The van der Waals surface area contributed by atoms with E-state index in [-0.39, 0.29) is 41.5 Å². The molecule has 5 amide bonds. The van der Waals surface area contributed by atoms with E-state index in [2.05, 4.69) is 65.2 Å². The minimum atomic E-state index is -0.960. The highest BCUT2D eigenvalue weighted by Crippen LogP contribution is 2.53. The molecule has 2 N–H and O–H groups in total. The van der Waals surface area contributed by atoms with Gasteiger partial charge in [-0.1, -0.05) is 27.7 Å². The lowest BCUT2D eigenvalue weighted by atomic mass is 9.52. The lowest BCUT2D eigenvalue weighted by Crippen LogP contribution is -2.63. The fourth-order valence-electron chi connectivity index (χ4n) is 9.22. The van der Waals surface area contributed by atoms with Crippen molar-refractivity contribution in [3.05, 3.63) is 59.2 Å². The van der Waals surface area contributed by atoms with E-state index in [0.29, 0.717) is 22.7 Å². The van der Waals surface area contributed by atoms with Crippen molar-refractivity contribution in [2.24, 2.45) is 10.8 Å². The zero-order chi connectivity index (χ0) is 34.0. The van der Waals surface area contributed by atoms with Crippen molar-refractivity contribution in [3.8, 4) is 0 Å². The van der Waals surface area contributed by atoms with Crippen LogP contribution < -0.4 is 20.4 Å². The van der Waals surface area contributed by atoms with Gasteiger partial charge in [0.1, 0.15) is 6.04 Å². The molecule has 0 bridgehead atoms. The van der Waals surface area contributed by atoms with Gasteiger partial charge < -0.3 is 15.1 Å². The number of imide groups is 2. The van der Waals surface area contributed by atoms with Crippen LogP contribution in [0.25, 0.3) is 0 Å². The number of anilines is 2. The Balaban J connectivity index is 0.902. The number of piperazine rings is 1. The normalized spacial score (nSPS) is 24.8. The maximum Gasteiger partial charge on any atom is 0.262 e. The number of hydrogen-bond donors (Lipinski definition) is 2. The van der Waals surface area contributed by atoms with Crippen molar-refractivity contribution in [2.45, 2.75) is 77.9 Å². The molecule has 5 aliphatic rings. The number of rotatable bonds is 6. The molecule has 4 aliphatic heterocycles. The predicted molar refractivity (Wildman–Crippen MR) is 182 cm³/mol. The van der Waals surface area contributed by atoms with E-state index in [4.69, 9.17) is 0 Å². The van der Waals surface area contributed by atoms with E-state index >= 15 is 0 Å². The first kappa shape index (κ1) is 32.3. The monoisotopic (exact) mass is 654 g/mol. The van der Waals surface area contributed by atoms with Crippen LogP contribution in [0.1, 0.15) is 90.9 Å². The maximum absolute atomic E-state index is 13.3. The van der Waals surface area contributed by atoms with E-state index in [1.807, 2.05) is 18.2 Å². The number of piperidine rings is 2. The third-order valence-electron chi connectivity index (χ3n) is 11.3. The Morgan fingerprint density at radius 3 is 1.98 bits per heavy atom. The van der Waals surface area contributed by atoms with E-state index in [0.717, 1.165) is 74.8 Å². The number of carbonyl (C=O) groups excluding carboxylic acids is 5. The van der Waals surface area contributed by atoms with Crippen LogP contribution in [-0.4, -0.2) is 96.7 Å². The second kappa shape index (κ2) is 12.0. The van der Waals surface area contributed by atoms with E-state index < -0.39 is 23.8 Å². The van der Waals surface area contributed by atoms with Crippen molar-refractivity contribution < 1.29 is 24.0 Å². The quantitative estimate of drug-likeness (QED) is 0.455. The summed E-state index contributed by atoms with van der Waals surface area (Å²) in [6.07, 6.45) is 3.36. The van der Waals surface area contributed by atoms with E-state index in [1.54, 1.807) is 12.1 Å². The molecule has 2 aromatic carbocycles. The molecule has 254 valence electrons. The summed E-state index contributed by atoms with van der Waals surface area (Å²) in [5.74, 6) is -1.94. The smallest absolute Gasteiger partial charge is 0.262 e. The molecule has 1 unspecified atom stereocenters. The lowest BCUT2D eigenvalue weighted by molar-refractivity contribution is -0.136.